The number of aryl methyl sites for hydroxylation is 1. The first-order chi connectivity index (χ1) is 17.8. The number of pyridine rings is 2. The van der Waals surface area contributed by atoms with E-state index in [2.05, 4.69) is 32.4 Å². The number of fused-ring (bicyclic) bond motifs is 1. The number of nitrogens with zero attached hydrogens (tertiary/aromatic N) is 3. The minimum atomic E-state index is -0.442. The largest absolute Gasteiger partial charge is 0.494 e. The van der Waals surface area contributed by atoms with Gasteiger partial charge < -0.3 is 25.0 Å². The molecule has 1 aliphatic heterocycles. The number of anilines is 1. The second-order valence-corrected chi connectivity index (χ2v) is 10.0. The summed E-state index contributed by atoms with van der Waals surface area (Å²) >= 11 is 0. The van der Waals surface area contributed by atoms with E-state index in [1.165, 1.54) is 13.2 Å². The predicted octanol–water partition coefficient (Wildman–Crippen LogP) is 4.31. The van der Waals surface area contributed by atoms with Crippen LogP contribution in [0.25, 0.3) is 10.9 Å². The second-order valence-electron chi connectivity index (χ2n) is 10.0. The predicted molar refractivity (Wildman–Crippen MR) is 141 cm³/mol. The molecule has 2 aliphatic rings. The van der Waals surface area contributed by atoms with Crippen LogP contribution in [0.15, 0.2) is 30.5 Å². The van der Waals surface area contributed by atoms with Crippen molar-refractivity contribution in [1.82, 2.24) is 20.6 Å². The highest BCUT2D eigenvalue weighted by molar-refractivity contribution is 6.08. The second kappa shape index (κ2) is 10.5. The van der Waals surface area contributed by atoms with Gasteiger partial charge in [-0.2, -0.15) is 0 Å². The third-order valence-corrected chi connectivity index (χ3v) is 7.01. The Morgan fingerprint density at radius 3 is 2.81 bits per heavy atom. The van der Waals surface area contributed by atoms with Crippen molar-refractivity contribution in [3.8, 4) is 11.6 Å². The van der Waals surface area contributed by atoms with Gasteiger partial charge >= 0.3 is 0 Å². The Bertz CT molecular complexity index is 1310. The van der Waals surface area contributed by atoms with Crippen LogP contribution in [-0.2, 0) is 0 Å². The quantitative estimate of drug-likeness (QED) is 0.493. The lowest BCUT2D eigenvalue weighted by molar-refractivity contribution is 0.0940. The molecule has 2 fully saturated rings. The monoisotopic (exact) mass is 507 g/mol. The van der Waals surface area contributed by atoms with Gasteiger partial charge in [0.15, 0.2) is 11.6 Å². The third-order valence-electron chi connectivity index (χ3n) is 7.01. The first-order valence-electron chi connectivity index (χ1n) is 12.9. The molecule has 1 aromatic carbocycles. The number of hydrogen-bond donors (Lipinski definition) is 2. The van der Waals surface area contributed by atoms with Crippen LogP contribution in [0.3, 0.4) is 0 Å². The Labute approximate surface area is 216 Å². The fourth-order valence-corrected chi connectivity index (χ4v) is 4.75. The van der Waals surface area contributed by atoms with Gasteiger partial charge in [-0.1, -0.05) is 6.07 Å². The molecule has 3 heterocycles. The maximum Gasteiger partial charge on any atom is 0.255 e. The average molecular weight is 508 g/mol. The Kier molecular flexibility index (Phi) is 7.15. The van der Waals surface area contributed by atoms with Gasteiger partial charge in [0.1, 0.15) is 11.6 Å². The lowest BCUT2D eigenvalue weighted by Gasteiger charge is -2.27. The van der Waals surface area contributed by atoms with Gasteiger partial charge in [-0.25, -0.2) is 14.4 Å². The molecule has 8 nitrogen and oxygen atoms in total. The summed E-state index contributed by atoms with van der Waals surface area (Å²) in [6, 6.07) is 6.62. The molecule has 37 heavy (non-hydrogen) atoms. The highest BCUT2D eigenvalue weighted by Gasteiger charge is 2.28. The number of rotatable bonds is 7. The van der Waals surface area contributed by atoms with Crippen molar-refractivity contribution in [2.24, 2.45) is 0 Å². The van der Waals surface area contributed by atoms with Crippen LogP contribution >= 0.6 is 0 Å². The number of halogens is 1. The zero-order valence-corrected chi connectivity index (χ0v) is 21.8. The molecule has 9 heteroatoms. The van der Waals surface area contributed by atoms with Crippen molar-refractivity contribution in [3.05, 3.63) is 53.1 Å². The molecule has 1 amide bonds. The van der Waals surface area contributed by atoms with Crippen LogP contribution in [0, 0.1) is 12.7 Å². The van der Waals surface area contributed by atoms with E-state index in [0.29, 0.717) is 23.0 Å². The Morgan fingerprint density at radius 2 is 2.05 bits per heavy atom. The molecule has 3 aromatic rings. The van der Waals surface area contributed by atoms with Crippen molar-refractivity contribution < 1.29 is 18.7 Å². The van der Waals surface area contributed by atoms with E-state index in [9.17, 15) is 9.18 Å². The van der Waals surface area contributed by atoms with E-state index in [-0.39, 0.29) is 23.8 Å². The van der Waals surface area contributed by atoms with Crippen molar-refractivity contribution in [2.75, 3.05) is 31.6 Å². The molecule has 2 aromatic heterocycles. The highest BCUT2D eigenvalue weighted by Crippen LogP contribution is 2.37. The summed E-state index contributed by atoms with van der Waals surface area (Å²) in [5.74, 6) is -0.0182. The summed E-state index contributed by atoms with van der Waals surface area (Å²) in [7, 11) is 1.42. The number of amides is 1. The van der Waals surface area contributed by atoms with Crippen LogP contribution in [0.4, 0.5) is 10.1 Å². The number of hydrogen-bond acceptors (Lipinski definition) is 7. The van der Waals surface area contributed by atoms with Crippen LogP contribution in [0.2, 0.25) is 0 Å². The molecule has 0 spiro atoms. The summed E-state index contributed by atoms with van der Waals surface area (Å²) in [6.07, 6.45) is 4.80. The molecule has 0 unspecified atom stereocenters. The highest BCUT2D eigenvalue weighted by atomic mass is 19.1. The van der Waals surface area contributed by atoms with E-state index >= 15 is 0 Å². The number of ether oxygens (including phenoxy) is 2. The standard InChI is InChI=1S/C28H34FN5O3/c1-16-9-11-34(12-10-30-16)26-21-13-17(2)32-28(37-20-6-7-20)25(21)31-15-22(26)27(35)33-18(3)19-5-8-23(29)24(14-19)36-4/h5,8,13-16,18,20,30H,6-7,9-12H2,1-4H3,(H,33,35)/t16-,18-/m0/s1. The number of carbonyl (C=O) groups is 1. The first kappa shape index (κ1) is 25.2. The van der Waals surface area contributed by atoms with E-state index in [1.54, 1.807) is 18.3 Å². The van der Waals surface area contributed by atoms with Gasteiger partial charge in [0, 0.05) is 43.0 Å². The molecule has 5 rings (SSSR count). The summed E-state index contributed by atoms with van der Waals surface area (Å²) in [5, 5.41) is 7.47. The van der Waals surface area contributed by atoms with Crippen LogP contribution in [-0.4, -0.2) is 54.8 Å². The average Bonchev–Trinajstić information content (AvgIpc) is 3.71. The Hall–Kier alpha value is -3.46. The molecule has 2 atom stereocenters. The summed E-state index contributed by atoms with van der Waals surface area (Å²) < 4.78 is 25.2. The molecule has 1 saturated heterocycles. The van der Waals surface area contributed by atoms with Gasteiger partial charge in [-0.05, 0) is 63.8 Å². The van der Waals surface area contributed by atoms with E-state index in [4.69, 9.17) is 9.47 Å². The summed E-state index contributed by atoms with van der Waals surface area (Å²) in [5.41, 5.74) is 3.57. The fraction of sp³-hybridized carbons (Fsp3) is 0.464. The van der Waals surface area contributed by atoms with Crippen molar-refractivity contribution in [3.63, 3.8) is 0 Å². The van der Waals surface area contributed by atoms with Crippen LogP contribution < -0.4 is 25.0 Å². The molecular weight excluding hydrogens is 473 g/mol. The lowest BCUT2D eigenvalue weighted by atomic mass is 10.0. The third kappa shape index (κ3) is 5.46. The number of methoxy groups -OCH3 is 1. The van der Waals surface area contributed by atoms with E-state index < -0.39 is 5.82 Å². The lowest BCUT2D eigenvalue weighted by Crippen LogP contribution is -2.33. The maximum atomic E-state index is 13.9. The van der Waals surface area contributed by atoms with Crippen molar-refractivity contribution in [2.45, 2.75) is 58.2 Å². The number of benzene rings is 1. The minimum Gasteiger partial charge on any atom is -0.494 e. The van der Waals surface area contributed by atoms with E-state index in [1.807, 2.05) is 19.9 Å². The number of carbonyl (C=O) groups excluding carboxylic acids is 1. The minimum absolute atomic E-state index is 0.143. The Balaban J connectivity index is 1.55. The maximum absolute atomic E-state index is 13.9. The van der Waals surface area contributed by atoms with Gasteiger partial charge in [-0.3, -0.25) is 4.79 Å². The summed E-state index contributed by atoms with van der Waals surface area (Å²) in [6.45, 7) is 8.36. The van der Waals surface area contributed by atoms with Crippen molar-refractivity contribution >= 4 is 22.5 Å². The zero-order chi connectivity index (χ0) is 26.1. The molecule has 0 bridgehead atoms. The number of aromatic nitrogens is 2. The molecule has 2 N–H and O–H groups in total. The number of nitrogens with one attached hydrogen (secondary N) is 2. The van der Waals surface area contributed by atoms with Gasteiger partial charge in [0.25, 0.3) is 5.91 Å². The van der Waals surface area contributed by atoms with Gasteiger partial charge in [0.05, 0.1) is 24.4 Å². The smallest absolute Gasteiger partial charge is 0.255 e. The van der Waals surface area contributed by atoms with Crippen LogP contribution in [0.1, 0.15) is 60.8 Å². The van der Waals surface area contributed by atoms with E-state index in [0.717, 1.165) is 61.2 Å². The molecule has 1 saturated carbocycles. The van der Waals surface area contributed by atoms with Gasteiger partial charge in [-0.15, -0.1) is 0 Å². The molecular formula is C28H34FN5O3. The van der Waals surface area contributed by atoms with Crippen molar-refractivity contribution in [1.29, 1.82) is 0 Å². The van der Waals surface area contributed by atoms with Crippen LogP contribution in [0.5, 0.6) is 11.6 Å². The topological polar surface area (TPSA) is 88.6 Å². The first-order valence-corrected chi connectivity index (χ1v) is 12.9. The molecule has 1 aliphatic carbocycles. The van der Waals surface area contributed by atoms with Gasteiger partial charge in [0.2, 0.25) is 5.88 Å². The summed E-state index contributed by atoms with van der Waals surface area (Å²) in [4.78, 5) is 25.3. The molecule has 196 valence electrons. The molecule has 0 radical (unpaired) electrons. The SMILES string of the molecule is COc1cc([C@H](C)NC(=O)c2cnc3c(OC4CC4)nc(C)cc3c2N2CCN[C@@H](C)CC2)ccc1F. The normalized spacial score (nSPS) is 18.8. The Morgan fingerprint density at radius 1 is 1.24 bits per heavy atom. The fourth-order valence-electron chi connectivity index (χ4n) is 4.75. The zero-order valence-electron chi connectivity index (χ0n) is 21.8.